The van der Waals surface area contributed by atoms with Crippen molar-refractivity contribution in [2.75, 3.05) is 7.05 Å². The highest BCUT2D eigenvalue weighted by molar-refractivity contribution is 5.73. The molecule has 0 saturated carbocycles. The van der Waals surface area contributed by atoms with Crippen LogP contribution in [0.25, 0.3) is 0 Å². The molecule has 1 rings (SSSR count). The summed E-state index contributed by atoms with van der Waals surface area (Å²) in [6, 6.07) is 9.99. The minimum atomic E-state index is -0.741. The number of hydrogen-bond donors (Lipinski definition) is 1. The minimum Gasteiger partial charge on any atom is -0.480 e. The van der Waals surface area contributed by atoms with Crippen molar-refractivity contribution >= 4 is 5.97 Å². The van der Waals surface area contributed by atoms with Gasteiger partial charge in [-0.25, -0.2) is 0 Å². The van der Waals surface area contributed by atoms with Crippen LogP contribution >= 0.6 is 0 Å². The minimum absolute atomic E-state index is 0.221. The smallest absolute Gasteiger partial charge is 0.320 e. The molecule has 0 aromatic heterocycles. The van der Waals surface area contributed by atoms with Crippen LogP contribution in [0.15, 0.2) is 30.3 Å². The van der Waals surface area contributed by atoms with Crippen LogP contribution in [0.1, 0.15) is 25.8 Å². The summed E-state index contributed by atoms with van der Waals surface area (Å²) < 4.78 is 0. The number of rotatable bonds is 6. The lowest BCUT2D eigenvalue weighted by Gasteiger charge is -2.29. The Labute approximate surface area is 103 Å². The lowest BCUT2D eigenvalue weighted by Crippen LogP contribution is -2.44. The number of nitrogens with zero attached hydrogens (tertiary/aromatic N) is 1. The molecule has 0 fully saturated rings. The summed E-state index contributed by atoms with van der Waals surface area (Å²) >= 11 is 0. The average molecular weight is 235 g/mol. The molecule has 0 saturated heterocycles. The molecule has 0 radical (unpaired) electrons. The molecule has 1 aromatic rings. The molecule has 0 spiro atoms. The maximum absolute atomic E-state index is 11.1. The van der Waals surface area contributed by atoms with E-state index in [4.69, 9.17) is 5.11 Å². The lowest BCUT2D eigenvalue weighted by molar-refractivity contribution is -0.143. The van der Waals surface area contributed by atoms with Crippen LogP contribution in [0.5, 0.6) is 0 Å². The van der Waals surface area contributed by atoms with Crippen molar-refractivity contribution < 1.29 is 9.90 Å². The summed E-state index contributed by atoms with van der Waals surface area (Å²) in [7, 11) is 1.88. The first-order chi connectivity index (χ1) is 8.06. The molecule has 1 aromatic carbocycles. The van der Waals surface area contributed by atoms with E-state index in [2.05, 4.69) is 19.1 Å². The van der Waals surface area contributed by atoms with Gasteiger partial charge in [-0.2, -0.15) is 0 Å². The monoisotopic (exact) mass is 235 g/mol. The largest absolute Gasteiger partial charge is 0.480 e. The van der Waals surface area contributed by atoms with E-state index in [1.165, 1.54) is 5.56 Å². The summed E-state index contributed by atoms with van der Waals surface area (Å²) in [5, 5.41) is 9.12. The van der Waals surface area contributed by atoms with Gasteiger partial charge in [-0.1, -0.05) is 37.3 Å². The Morgan fingerprint density at radius 3 is 2.41 bits per heavy atom. The number of benzene rings is 1. The van der Waals surface area contributed by atoms with Crippen LogP contribution < -0.4 is 0 Å². The van der Waals surface area contributed by atoms with E-state index in [1.807, 2.05) is 37.1 Å². The third-order valence-electron chi connectivity index (χ3n) is 3.23. The number of carbonyl (C=O) groups is 1. The highest BCUT2D eigenvalue weighted by Crippen LogP contribution is 2.12. The number of aliphatic carboxylic acids is 1. The molecular formula is C14H21NO2. The molecule has 0 amide bonds. The van der Waals surface area contributed by atoms with Crippen LogP contribution in [-0.2, 0) is 11.2 Å². The molecule has 2 atom stereocenters. The molecule has 2 unspecified atom stereocenters. The van der Waals surface area contributed by atoms with Crippen LogP contribution in [-0.4, -0.2) is 35.1 Å². The standard InChI is InChI=1S/C14H21NO2/c1-4-13(14(16)17)15(3)11(2)10-12-8-6-5-7-9-12/h5-9,11,13H,4,10H2,1-3H3,(H,16,17). The van der Waals surface area contributed by atoms with Gasteiger partial charge in [-0.15, -0.1) is 0 Å². The van der Waals surface area contributed by atoms with Crippen molar-refractivity contribution in [3.63, 3.8) is 0 Å². The molecule has 17 heavy (non-hydrogen) atoms. The van der Waals surface area contributed by atoms with Gasteiger partial charge in [0.2, 0.25) is 0 Å². The van der Waals surface area contributed by atoms with Crippen LogP contribution in [0.3, 0.4) is 0 Å². The quantitative estimate of drug-likeness (QED) is 0.823. The number of carboxylic acid groups (broad SMARTS) is 1. The fourth-order valence-corrected chi connectivity index (χ4v) is 2.04. The fourth-order valence-electron chi connectivity index (χ4n) is 2.04. The lowest BCUT2D eigenvalue weighted by atomic mass is 10.0. The topological polar surface area (TPSA) is 40.5 Å². The van der Waals surface area contributed by atoms with Crippen molar-refractivity contribution in [1.29, 1.82) is 0 Å². The van der Waals surface area contributed by atoms with Crippen molar-refractivity contribution in [1.82, 2.24) is 4.90 Å². The van der Waals surface area contributed by atoms with E-state index >= 15 is 0 Å². The summed E-state index contributed by atoms with van der Waals surface area (Å²) in [6.45, 7) is 3.98. The molecule has 94 valence electrons. The number of likely N-dealkylation sites (N-methyl/N-ethyl adjacent to an activating group) is 1. The van der Waals surface area contributed by atoms with Gasteiger partial charge in [-0.05, 0) is 32.4 Å². The van der Waals surface area contributed by atoms with E-state index in [0.29, 0.717) is 6.42 Å². The fraction of sp³-hybridized carbons (Fsp3) is 0.500. The summed E-state index contributed by atoms with van der Waals surface area (Å²) in [5.41, 5.74) is 1.24. The van der Waals surface area contributed by atoms with Gasteiger partial charge in [0.1, 0.15) is 6.04 Å². The molecule has 0 aliphatic heterocycles. The summed E-state index contributed by atoms with van der Waals surface area (Å²) in [4.78, 5) is 13.0. The molecular weight excluding hydrogens is 214 g/mol. The third kappa shape index (κ3) is 3.86. The Bertz CT molecular complexity index is 350. The number of carboxylic acids is 1. The van der Waals surface area contributed by atoms with Crippen LogP contribution in [0.2, 0.25) is 0 Å². The molecule has 3 nitrogen and oxygen atoms in total. The molecule has 0 aliphatic carbocycles. The zero-order chi connectivity index (χ0) is 12.8. The second-order valence-corrected chi connectivity index (χ2v) is 4.47. The average Bonchev–Trinajstić information content (AvgIpc) is 2.30. The van der Waals surface area contributed by atoms with Gasteiger partial charge in [0, 0.05) is 6.04 Å². The van der Waals surface area contributed by atoms with E-state index in [-0.39, 0.29) is 6.04 Å². The molecule has 1 N–H and O–H groups in total. The first-order valence-electron chi connectivity index (χ1n) is 6.05. The Kier molecular flexibility index (Phi) is 5.16. The summed E-state index contributed by atoms with van der Waals surface area (Å²) in [5.74, 6) is -0.741. The van der Waals surface area contributed by atoms with Crippen molar-refractivity contribution in [3.8, 4) is 0 Å². The maximum atomic E-state index is 11.1. The predicted molar refractivity (Wildman–Crippen MR) is 69.1 cm³/mol. The Hall–Kier alpha value is -1.35. The van der Waals surface area contributed by atoms with Crippen molar-refractivity contribution in [3.05, 3.63) is 35.9 Å². The first-order valence-corrected chi connectivity index (χ1v) is 6.05. The van der Waals surface area contributed by atoms with Gasteiger partial charge in [-0.3, -0.25) is 9.69 Å². The molecule has 0 bridgehead atoms. The number of hydrogen-bond acceptors (Lipinski definition) is 2. The molecule has 0 aliphatic rings. The van der Waals surface area contributed by atoms with Crippen molar-refractivity contribution in [2.45, 2.75) is 38.8 Å². The molecule has 3 heteroatoms. The molecule has 0 heterocycles. The Morgan fingerprint density at radius 1 is 1.35 bits per heavy atom. The normalized spacial score (nSPS) is 14.6. The Balaban J connectivity index is 2.63. The zero-order valence-electron chi connectivity index (χ0n) is 10.8. The highest BCUT2D eigenvalue weighted by atomic mass is 16.4. The van der Waals surface area contributed by atoms with Gasteiger partial charge < -0.3 is 5.11 Å². The predicted octanol–water partition coefficient (Wildman–Crippen LogP) is 2.41. The maximum Gasteiger partial charge on any atom is 0.320 e. The van der Waals surface area contributed by atoms with Crippen molar-refractivity contribution in [2.24, 2.45) is 0 Å². The van der Waals surface area contributed by atoms with Gasteiger partial charge in [0.15, 0.2) is 0 Å². The second kappa shape index (κ2) is 6.40. The first kappa shape index (κ1) is 13.7. The van der Waals surface area contributed by atoms with Crippen LogP contribution in [0, 0.1) is 0 Å². The van der Waals surface area contributed by atoms with Crippen LogP contribution in [0.4, 0.5) is 0 Å². The SMILES string of the molecule is CCC(C(=O)O)N(C)C(C)Cc1ccccc1. The van der Waals surface area contributed by atoms with E-state index < -0.39 is 12.0 Å². The van der Waals surface area contributed by atoms with E-state index in [1.54, 1.807) is 0 Å². The van der Waals surface area contributed by atoms with Gasteiger partial charge in [0.25, 0.3) is 0 Å². The van der Waals surface area contributed by atoms with Gasteiger partial charge >= 0.3 is 5.97 Å². The van der Waals surface area contributed by atoms with Gasteiger partial charge in [0.05, 0.1) is 0 Å². The zero-order valence-corrected chi connectivity index (χ0v) is 10.8. The van der Waals surface area contributed by atoms with E-state index in [0.717, 1.165) is 6.42 Å². The third-order valence-corrected chi connectivity index (χ3v) is 3.23. The second-order valence-electron chi connectivity index (χ2n) is 4.47. The highest BCUT2D eigenvalue weighted by Gasteiger charge is 2.24. The summed E-state index contributed by atoms with van der Waals surface area (Å²) in [6.07, 6.45) is 1.51. The van der Waals surface area contributed by atoms with E-state index in [9.17, 15) is 4.79 Å². The Morgan fingerprint density at radius 2 is 1.94 bits per heavy atom.